The van der Waals surface area contributed by atoms with Crippen molar-refractivity contribution >= 4 is 17.6 Å². The van der Waals surface area contributed by atoms with Gasteiger partial charge in [-0.15, -0.1) is 0 Å². The van der Waals surface area contributed by atoms with Crippen molar-refractivity contribution in [2.24, 2.45) is 0 Å². The highest BCUT2D eigenvalue weighted by molar-refractivity contribution is 5.90. The summed E-state index contributed by atoms with van der Waals surface area (Å²) in [7, 11) is 1.36. The number of rotatable bonds is 2. The number of piperazine rings is 1. The molecule has 0 saturated carbocycles. The van der Waals surface area contributed by atoms with Gasteiger partial charge in [0, 0.05) is 12.2 Å². The lowest BCUT2D eigenvalue weighted by atomic mass is 9.98. The minimum absolute atomic E-state index is 0.0105. The predicted octanol–water partition coefficient (Wildman–Crippen LogP) is 1.19. The fourth-order valence-corrected chi connectivity index (χ4v) is 2.16. The summed E-state index contributed by atoms with van der Waals surface area (Å²) in [6.45, 7) is 5.07. The monoisotopic (exact) mass is 262 g/mol. The number of esters is 1. The van der Waals surface area contributed by atoms with Crippen molar-refractivity contribution in [2.75, 3.05) is 25.1 Å². The van der Waals surface area contributed by atoms with Crippen LogP contribution in [0.15, 0.2) is 24.3 Å². The van der Waals surface area contributed by atoms with Crippen molar-refractivity contribution in [1.82, 2.24) is 5.32 Å². The molecule has 0 aliphatic carbocycles. The Morgan fingerprint density at radius 1 is 1.32 bits per heavy atom. The summed E-state index contributed by atoms with van der Waals surface area (Å²) in [6, 6.07) is 7.10. The highest BCUT2D eigenvalue weighted by Crippen LogP contribution is 2.25. The molecule has 1 saturated heterocycles. The van der Waals surface area contributed by atoms with Crippen molar-refractivity contribution in [3.05, 3.63) is 29.8 Å². The topological polar surface area (TPSA) is 58.6 Å². The molecule has 0 unspecified atom stereocenters. The van der Waals surface area contributed by atoms with Gasteiger partial charge in [-0.3, -0.25) is 4.79 Å². The highest BCUT2D eigenvalue weighted by atomic mass is 16.5. The molecule has 0 radical (unpaired) electrons. The summed E-state index contributed by atoms with van der Waals surface area (Å²) in [5.74, 6) is -0.349. The molecule has 0 spiro atoms. The average Bonchev–Trinajstić information content (AvgIpc) is 2.41. The fourth-order valence-electron chi connectivity index (χ4n) is 2.16. The normalized spacial score (nSPS) is 17.8. The van der Waals surface area contributed by atoms with Crippen molar-refractivity contribution < 1.29 is 14.3 Å². The number of nitrogens with one attached hydrogen (secondary N) is 1. The van der Waals surface area contributed by atoms with Gasteiger partial charge in [0.15, 0.2) is 0 Å². The predicted molar refractivity (Wildman–Crippen MR) is 72.2 cm³/mol. The minimum Gasteiger partial charge on any atom is -0.465 e. The first-order valence-electron chi connectivity index (χ1n) is 6.17. The average molecular weight is 262 g/mol. The molecule has 1 aliphatic heterocycles. The smallest absolute Gasteiger partial charge is 0.337 e. The second kappa shape index (κ2) is 4.91. The van der Waals surface area contributed by atoms with Crippen LogP contribution in [0.3, 0.4) is 0 Å². The first-order valence-corrected chi connectivity index (χ1v) is 6.17. The van der Waals surface area contributed by atoms with Crippen molar-refractivity contribution in [1.29, 1.82) is 0 Å². The van der Waals surface area contributed by atoms with Gasteiger partial charge < -0.3 is 15.0 Å². The van der Waals surface area contributed by atoms with Crippen molar-refractivity contribution in [3.63, 3.8) is 0 Å². The van der Waals surface area contributed by atoms with Crippen LogP contribution < -0.4 is 10.2 Å². The lowest BCUT2D eigenvalue weighted by Crippen LogP contribution is -2.60. The minimum atomic E-state index is -0.359. The number of methoxy groups -OCH3 is 1. The Hall–Kier alpha value is -2.04. The van der Waals surface area contributed by atoms with Crippen LogP contribution >= 0.6 is 0 Å². The number of carbonyl (C=O) groups is 2. The number of hydrogen-bond acceptors (Lipinski definition) is 4. The fraction of sp³-hybridized carbons (Fsp3) is 0.429. The highest BCUT2D eigenvalue weighted by Gasteiger charge is 2.33. The Bertz CT molecular complexity index is 494. The van der Waals surface area contributed by atoms with Gasteiger partial charge >= 0.3 is 5.97 Å². The lowest BCUT2D eigenvalue weighted by Gasteiger charge is -2.43. The van der Waals surface area contributed by atoms with E-state index in [1.807, 2.05) is 17.0 Å². The van der Waals surface area contributed by atoms with Gasteiger partial charge in [-0.25, -0.2) is 4.79 Å². The van der Waals surface area contributed by atoms with Gasteiger partial charge in [-0.05, 0) is 38.1 Å². The summed E-state index contributed by atoms with van der Waals surface area (Å²) in [5.41, 5.74) is 1.28. The molecule has 1 aromatic rings. The maximum absolute atomic E-state index is 11.5. The zero-order valence-electron chi connectivity index (χ0n) is 11.4. The van der Waals surface area contributed by atoms with Gasteiger partial charge in [-0.2, -0.15) is 0 Å². The third kappa shape index (κ3) is 2.70. The summed E-state index contributed by atoms with van der Waals surface area (Å²) >= 11 is 0. The Morgan fingerprint density at radius 2 is 1.95 bits per heavy atom. The summed E-state index contributed by atoms with van der Waals surface area (Å²) in [4.78, 5) is 24.9. The Morgan fingerprint density at radius 3 is 2.53 bits per heavy atom. The van der Waals surface area contributed by atoms with E-state index in [9.17, 15) is 9.59 Å². The molecular weight excluding hydrogens is 244 g/mol. The van der Waals surface area contributed by atoms with Crippen LogP contribution in [0.2, 0.25) is 0 Å². The third-order valence-electron chi connectivity index (χ3n) is 3.35. The molecule has 1 fully saturated rings. The van der Waals surface area contributed by atoms with E-state index in [4.69, 9.17) is 0 Å². The maximum atomic E-state index is 11.5. The van der Waals surface area contributed by atoms with E-state index in [2.05, 4.69) is 23.9 Å². The second-order valence-corrected chi connectivity index (χ2v) is 5.21. The number of carbonyl (C=O) groups excluding carboxylic acids is 2. The Balaban J connectivity index is 2.25. The number of benzene rings is 1. The molecule has 1 amide bonds. The quantitative estimate of drug-likeness (QED) is 0.813. The molecule has 0 bridgehead atoms. The Labute approximate surface area is 112 Å². The summed E-state index contributed by atoms with van der Waals surface area (Å²) in [6.07, 6.45) is 0. The Kier molecular flexibility index (Phi) is 3.46. The first kappa shape index (κ1) is 13.4. The van der Waals surface area contributed by atoms with E-state index in [1.165, 1.54) is 7.11 Å². The third-order valence-corrected chi connectivity index (χ3v) is 3.35. The van der Waals surface area contributed by atoms with E-state index in [0.717, 1.165) is 5.69 Å². The van der Waals surface area contributed by atoms with Gasteiger partial charge in [0.1, 0.15) is 0 Å². The van der Waals surface area contributed by atoms with Crippen LogP contribution in [-0.4, -0.2) is 37.6 Å². The van der Waals surface area contributed by atoms with E-state index >= 15 is 0 Å². The van der Waals surface area contributed by atoms with Gasteiger partial charge in [0.25, 0.3) is 0 Å². The zero-order valence-corrected chi connectivity index (χ0v) is 11.4. The van der Waals surface area contributed by atoms with Crippen LogP contribution in [0.5, 0.6) is 0 Å². The van der Waals surface area contributed by atoms with Crippen LogP contribution in [0, 0.1) is 0 Å². The molecule has 1 aromatic carbocycles. The molecule has 1 aliphatic rings. The number of nitrogens with zero attached hydrogens (tertiary/aromatic N) is 1. The van der Waals surface area contributed by atoms with Gasteiger partial charge in [-0.1, -0.05) is 0 Å². The lowest BCUT2D eigenvalue weighted by molar-refractivity contribution is -0.121. The van der Waals surface area contributed by atoms with Crippen LogP contribution in [0.1, 0.15) is 24.2 Å². The molecule has 5 heteroatoms. The molecule has 0 aromatic heterocycles. The van der Waals surface area contributed by atoms with E-state index in [1.54, 1.807) is 12.1 Å². The summed E-state index contributed by atoms with van der Waals surface area (Å²) < 4.78 is 4.66. The van der Waals surface area contributed by atoms with E-state index in [-0.39, 0.29) is 17.4 Å². The van der Waals surface area contributed by atoms with Crippen LogP contribution in [0.25, 0.3) is 0 Å². The van der Waals surface area contributed by atoms with Gasteiger partial charge in [0.2, 0.25) is 5.91 Å². The largest absolute Gasteiger partial charge is 0.465 e. The van der Waals surface area contributed by atoms with E-state index in [0.29, 0.717) is 18.7 Å². The first-order chi connectivity index (χ1) is 8.94. The molecule has 102 valence electrons. The van der Waals surface area contributed by atoms with E-state index < -0.39 is 0 Å². The number of hydrogen-bond donors (Lipinski definition) is 1. The van der Waals surface area contributed by atoms with Crippen LogP contribution in [0.4, 0.5) is 5.69 Å². The summed E-state index contributed by atoms with van der Waals surface area (Å²) in [5, 5.41) is 2.86. The number of amides is 1. The van der Waals surface area contributed by atoms with Crippen molar-refractivity contribution in [3.8, 4) is 0 Å². The molecule has 1 heterocycles. The SMILES string of the molecule is COC(=O)c1ccc(N2CC(=O)NCC2(C)C)cc1. The molecule has 1 N–H and O–H groups in total. The maximum Gasteiger partial charge on any atom is 0.337 e. The molecular formula is C14H18N2O3. The number of ether oxygens (including phenoxy) is 1. The number of anilines is 1. The molecule has 5 nitrogen and oxygen atoms in total. The van der Waals surface area contributed by atoms with Crippen molar-refractivity contribution in [2.45, 2.75) is 19.4 Å². The zero-order chi connectivity index (χ0) is 14.0. The standard InChI is InChI=1S/C14H18N2O3/c1-14(2)9-15-12(17)8-16(14)11-6-4-10(5-7-11)13(18)19-3/h4-7H,8-9H2,1-3H3,(H,15,17). The molecule has 0 atom stereocenters. The second-order valence-electron chi connectivity index (χ2n) is 5.21. The molecule has 19 heavy (non-hydrogen) atoms. The van der Waals surface area contributed by atoms with Crippen LogP contribution in [-0.2, 0) is 9.53 Å². The van der Waals surface area contributed by atoms with Gasteiger partial charge in [0.05, 0.1) is 24.8 Å². The molecule has 2 rings (SSSR count).